The minimum Gasteiger partial charge on any atom is -0.396 e. The lowest BCUT2D eigenvalue weighted by molar-refractivity contribution is -0.0668. The van der Waals surface area contributed by atoms with Gasteiger partial charge in [0.1, 0.15) is 0 Å². The van der Waals surface area contributed by atoms with E-state index in [1.807, 2.05) is 0 Å². The van der Waals surface area contributed by atoms with E-state index in [1.54, 1.807) is 0 Å². The normalized spacial score (nSPS) is 46.9. The minimum absolute atomic E-state index is 0.386. The first-order valence-electron chi connectivity index (χ1n) is 19.5. The summed E-state index contributed by atoms with van der Waals surface area (Å²) >= 11 is 9.63. The van der Waals surface area contributed by atoms with Crippen molar-refractivity contribution in [2.24, 2.45) is 69.5 Å². The van der Waals surface area contributed by atoms with Gasteiger partial charge in [0.15, 0.2) is 0 Å². The second-order valence-electron chi connectivity index (χ2n) is 19.0. The predicted octanol–water partition coefficient (Wildman–Crippen LogP) is 11.1. The van der Waals surface area contributed by atoms with Crippen molar-refractivity contribution in [3.8, 4) is 0 Å². The molecule has 0 aliphatic heterocycles. The molecule has 0 aromatic heterocycles. The summed E-state index contributed by atoms with van der Waals surface area (Å²) in [5, 5.41) is 9.13. The van der Waals surface area contributed by atoms with Gasteiger partial charge in [-0.25, -0.2) is 4.57 Å². The highest BCUT2D eigenvalue weighted by Crippen LogP contribution is 2.64. The Morgan fingerprint density at radius 2 is 0.771 bits per heavy atom. The molecule has 2 N–H and O–H groups in total. The molecule has 12 saturated carbocycles. The number of hydrogen-bond donors (Lipinski definition) is 2. The molecule has 0 spiro atoms. The van der Waals surface area contributed by atoms with E-state index in [4.69, 9.17) is 36.6 Å². The molecular formula is C37H62Cl2O7P2. The molecule has 7 nitrogen and oxygen atoms in total. The van der Waals surface area contributed by atoms with E-state index in [0.717, 1.165) is 72.5 Å². The molecule has 276 valence electrons. The highest BCUT2D eigenvalue weighted by atomic mass is 35.9. The fourth-order valence-corrected chi connectivity index (χ4v) is 15.5. The van der Waals surface area contributed by atoms with Crippen LogP contribution in [0.4, 0.5) is 0 Å². The molecule has 12 rings (SSSR count). The Hall–Kier alpha value is 0.840. The zero-order valence-electron chi connectivity index (χ0n) is 29.3. The van der Waals surface area contributed by atoms with Crippen molar-refractivity contribution in [2.75, 3.05) is 26.9 Å². The summed E-state index contributed by atoms with van der Waals surface area (Å²) in [7, 11) is -2.73. The quantitative estimate of drug-likeness (QED) is 0.203. The monoisotopic (exact) mass is 750 g/mol. The van der Waals surface area contributed by atoms with Crippen molar-refractivity contribution >= 4 is 36.4 Å². The average molecular weight is 752 g/mol. The molecule has 12 aliphatic rings. The summed E-state index contributed by atoms with van der Waals surface area (Å²) in [6.07, 6.45) is 25.2. The van der Waals surface area contributed by atoms with Gasteiger partial charge in [0, 0.05) is 13.7 Å². The van der Waals surface area contributed by atoms with Crippen LogP contribution in [0.15, 0.2) is 0 Å². The van der Waals surface area contributed by atoms with Gasteiger partial charge in [-0.05, 0) is 227 Å². The van der Waals surface area contributed by atoms with Crippen LogP contribution < -0.4 is 0 Å². The van der Waals surface area contributed by atoms with Crippen LogP contribution >= 0.6 is 36.4 Å². The SMILES string of the molecule is COP(=O)(Cl)Cl.O=P(O)(OCCC12CC3CC(CC(C3)C1)C2)OCCC12CC3CC(CC(C3)C1)C2.OCCC12CC3CC(CC(C3)C1)C2. The van der Waals surface area contributed by atoms with Crippen molar-refractivity contribution < 1.29 is 32.7 Å². The van der Waals surface area contributed by atoms with Gasteiger partial charge in [-0.15, -0.1) is 0 Å². The molecule has 0 saturated heterocycles. The van der Waals surface area contributed by atoms with Gasteiger partial charge in [0.05, 0.1) is 13.2 Å². The third-order valence-electron chi connectivity index (χ3n) is 15.1. The first kappa shape index (κ1) is 37.2. The van der Waals surface area contributed by atoms with Crippen LogP contribution in [0, 0.1) is 69.5 Å². The molecule has 0 aromatic carbocycles. The lowest BCUT2D eigenvalue weighted by Gasteiger charge is -2.57. The Labute approximate surface area is 299 Å². The molecule has 0 radical (unpaired) electrons. The Bertz CT molecular complexity index is 1060. The van der Waals surface area contributed by atoms with Crippen LogP contribution in [0.2, 0.25) is 0 Å². The fraction of sp³-hybridized carbons (Fsp3) is 1.00. The zero-order valence-corrected chi connectivity index (χ0v) is 32.6. The molecule has 12 bridgehead atoms. The van der Waals surface area contributed by atoms with Crippen molar-refractivity contribution in [1.82, 2.24) is 0 Å². The standard InChI is InChI=1S/C24H39O4P.C12H20O.CH3Cl2O2P/c25-29(26,27-3-1-23-11-17-5-18(12-23)7-19(6-17)13-23)28-4-2-24-14-20-8-21(15-24)10-22(9-20)16-24;13-2-1-12-6-9-3-10(7-12)5-11(4-9)8-12;1-5-6(2,3)4/h17-22H,1-16H2,(H,25,26);9-11,13H,1-8H2;1H3. The Morgan fingerprint density at radius 3 is 0.979 bits per heavy atom. The number of hydrogen-bond acceptors (Lipinski definition) is 6. The van der Waals surface area contributed by atoms with Crippen molar-refractivity contribution in [2.45, 2.75) is 135 Å². The molecule has 0 unspecified atom stereocenters. The summed E-state index contributed by atoms with van der Waals surface area (Å²) in [4.78, 5) is 10.3. The highest BCUT2D eigenvalue weighted by molar-refractivity contribution is 8.05. The van der Waals surface area contributed by atoms with Crippen molar-refractivity contribution in [3.05, 3.63) is 0 Å². The molecule has 0 amide bonds. The highest BCUT2D eigenvalue weighted by Gasteiger charge is 2.53. The zero-order chi connectivity index (χ0) is 33.8. The van der Waals surface area contributed by atoms with Gasteiger partial charge in [0.2, 0.25) is 0 Å². The van der Waals surface area contributed by atoms with Gasteiger partial charge >= 0.3 is 13.9 Å². The number of aliphatic hydroxyl groups is 1. The van der Waals surface area contributed by atoms with Crippen LogP contribution in [0.3, 0.4) is 0 Å². The summed E-state index contributed by atoms with van der Waals surface area (Å²) in [6, 6.07) is 0. The summed E-state index contributed by atoms with van der Waals surface area (Å²) < 4.78 is 37.4. The minimum atomic E-state index is -3.91. The van der Waals surface area contributed by atoms with Gasteiger partial charge in [-0.3, -0.25) is 13.6 Å². The lowest BCUT2D eigenvalue weighted by atomic mass is 9.49. The Kier molecular flexibility index (Phi) is 11.3. The van der Waals surface area contributed by atoms with E-state index in [-0.39, 0.29) is 0 Å². The summed E-state index contributed by atoms with van der Waals surface area (Å²) in [5.41, 5.74) is 1.39. The van der Waals surface area contributed by atoms with E-state index < -0.39 is 13.9 Å². The van der Waals surface area contributed by atoms with E-state index in [0.29, 0.717) is 36.1 Å². The van der Waals surface area contributed by atoms with Crippen molar-refractivity contribution in [1.29, 1.82) is 0 Å². The van der Waals surface area contributed by atoms with Crippen LogP contribution in [0.25, 0.3) is 0 Å². The van der Waals surface area contributed by atoms with Crippen LogP contribution in [-0.2, 0) is 22.7 Å². The van der Waals surface area contributed by atoms with Crippen molar-refractivity contribution in [3.63, 3.8) is 0 Å². The van der Waals surface area contributed by atoms with E-state index in [9.17, 15) is 14.0 Å². The number of rotatable bonds is 11. The molecule has 0 atom stereocenters. The van der Waals surface area contributed by atoms with E-state index >= 15 is 0 Å². The number of aliphatic hydroxyl groups excluding tert-OH is 1. The molecule has 12 aliphatic carbocycles. The third kappa shape index (κ3) is 8.95. The lowest BCUT2D eigenvalue weighted by Crippen LogP contribution is -2.46. The molecule has 12 fully saturated rings. The number of phosphoric ester groups is 1. The molecule has 48 heavy (non-hydrogen) atoms. The first-order valence-corrected chi connectivity index (χ1v) is 24.4. The molecule has 11 heteroatoms. The smallest absolute Gasteiger partial charge is 0.396 e. The summed E-state index contributed by atoms with van der Waals surface area (Å²) in [5.74, 6) is 8.61. The largest absolute Gasteiger partial charge is 0.472 e. The summed E-state index contributed by atoms with van der Waals surface area (Å²) in [6.45, 7) is 1.20. The van der Waals surface area contributed by atoms with Crippen LogP contribution in [0.1, 0.15) is 135 Å². The second-order valence-corrected chi connectivity index (χ2v) is 24.8. The van der Waals surface area contributed by atoms with Gasteiger partial charge in [0.25, 0.3) is 0 Å². The van der Waals surface area contributed by atoms with Gasteiger partial charge < -0.3 is 14.5 Å². The second kappa shape index (κ2) is 14.6. The Morgan fingerprint density at radius 1 is 0.542 bits per heavy atom. The average Bonchev–Trinajstić information content (AvgIpc) is 2.95. The van der Waals surface area contributed by atoms with E-state index in [2.05, 4.69) is 4.52 Å². The maximum Gasteiger partial charge on any atom is 0.472 e. The van der Waals surface area contributed by atoms with Crippen LogP contribution in [-0.4, -0.2) is 36.9 Å². The molecule has 0 heterocycles. The molecule has 0 aromatic rings. The van der Waals surface area contributed by atoms with Crippen LogP contribution in [0.5, 0.6) is 0 Å². The predicted molar refractivity (Wildman–Crippen MR) is 191 cm³/mol. The number of halogens is 2. The fourth-order valence-electron chi connectivity index (χ4n) is 14.8. The topological polar surface area (TPSA) is 102 Å². The van der Waals surface area contributed by atoms with Gasteiger partial charge in [-0.2, -0.15) is 0 Å². The Balaban J connectivity index is 0.000000158. The van der Waals surface area contributed by atoms with Gasteiger partial charge in [-0.1, -0.05) is 0 Å². The maximum absolute atomic E-state index is 12.5. The number of phosphoric acid groups is 1. The molecular weight excluding hydrogens is 689 g/mol. The van der Waals surface area contributed by atoms with E-state index in [1.165, 1.54) is 123 Å². The maximum atomic E-state index is 12.5. The first-order chi connectivity index (χ1) is 22.7. The third-order valence-corrected chi connectivity index (χ3v) is 17.4.